The van der Waals surface area contributed by atoms with Crippen molar-refractivity contribution in [2.45, 2.75) is 26.2 Å². The van der Waals surface area contributed by atoms with Gasteiger partial charge in [-0.1, -0.05) is 31.5 Å². The highest BCUT2D eigenvalue weighted by Gasteiger charge is 2.20. The number of carbonyl (C=O) groups excluding carboxylic acids is 2. The predicted molar refractivity (Wildman–Crippen MR) is 111 cm³/mol. The summed E-state index contributed by atoms with van der Waals surface area (Å²) in [7, 11) is 0. The second-order valence-electron chi connectivity index (χ2n) is 7.20. The number of benzene rings is 2. The van der Waals surface area contributed by atoms with Crippen LogP contribution in [0.2, 0.25) is 0 Å². The molecule has 2 aromatic rings. The summed E-state index contributed by atoms with van der Waals surface area (Å²) in [5, 5.41) is 5.52. The average Bonchev–Trinajstić information content (AvgIpc) is 2.76. The minimum atomic E-state index is -0.282. The third kappa shape index (κ3) is 6.24. The van der Waals surface area contributed by atoms with Crippen LogP contribution in [0.3, 0.4) is 0 Å². The van der Waals surface area contributed by atoms with Crippen LogP contribution in [0.4, 0.5) is 0 Å². The topological polar surface area (TPSA) is 76.7 Å². The summed E-state index contributed by atoms with van der Waals surface area (Å²) in [4.78, 5) is 24.3. The smallest absolute Gasteiger partial charge is 0.251 e. The maximum absolute atomic E-state index is 12.2. The molecule has 2 N–H and O–H groups in total. The van der Waals surface area contributed by atoms with Gasteiger partial charge < -0.3 is 20.1 Å². The Labute approximate surface area is 171 Å². The van der Waals surface area contributed by atoms with Gasteiger partial charge in [0.25, 0.3) is 5.91 Å². The van der Waals surface area contributed by atoms with Crippen molar-refractivity contribution in [2.24, 2.45) is 5.92 Å². The lowest BCUT2D eigenvalue weighted by Gasteiger charge is -2.25. The molecule has 0 fully saturated rings. The lowest BCUT2D eigenvalue weighted by Crippen LogP contribution is -2.40. The standard InChI is InChI=1S/C23H28N2O4/c1-2-3-12-28-20-10-8-18(9-11-20)23(27)25-15-22(26)24-14-17-13-19-6-4-5-7-21(19)29-16-17/h4-11,17H,2-3,12-16H2,1H3,(H,24,26)(H,25,27). The van der Waals surface area contributed by atoms with Crippen LogP contribution in [0, 0.1) is 5.92 Å². The van der Waals surface area contributed by atoms with E-state index in [0.29, 0.717) is 25.3 Å². The molecule has 1 aliphatic heterocycles. The molecular formula is C23H28N2O4. The van der Waals surface area contributed by atoms with Crippen LogP contribution in [0.25, 0.3) is 0 Å². The van der Waals surface area contributed by atoms with E-state index in [4.69, 9.17) is 9.47 Å². The maximum Gasteiger partial charge on any atom is 0.251 e. The fraction of sp³-hybridized carbons (Fsp3) is 0.391. The van der Waals surface area contributed by atoms with Crippen molar-refractivity contribution in [1.29, 1.82) is 0 Å². The van der Waals surface area contributed by atoms with Crippen LogP contribution in [0.1, 0.15) is 35.7 Å². The maximum atomic E-state index is 12.2. The zero-order valence-corrected chi connectivity index (χ0v) is 16.8. The van der Waals surface area contributed by atoms with Gasteiger partial charge in [-0.3, -0.25) is 9.59 Å². The SMILES string of the molecule is CCCCOc1ccc(C(=O)NCC(=O)NCC2COc3ccccc3C2)cc1. The quantitative estimate of drug-likeness (QED) is 0.639. The molecule has 0 aliphatic carbocycles. The van der Waals surface area contributed by atoms with Gasteiger partial charge in [0.05, 0.1) is 19.8 Å². The Bertz CT molecular complexity index is 820. The number of fused-ring (bicyclic) bond motifs is 1. The number of ether oxygens (including phenoxy) is 2. The molecule has 1 aliphatic rings. The lowest BCUT2D eigenvalue weighted by atomic mass is 9.97. The molecule has 0 saturated heterocycles. The fourth-order valence-electron chi connectivity index (χ4n) is 3.14. The molecule has 3 rings (SSSR count). The largest absolute Gasteiger partial charge is 0.494 e. The minimum absolute atomic E-state index is 0.0578. The molecule has 1 heterocycles. The Hall–Kier alpha value is -3.02. The number of hydrogen-bond acceptors (Lipinski definition) is 4. The lowest BCUT2D eigenvalue weighted by molar-refractivity contribution is -0.120. The first-order valence-electron chi connectivity index (χ1n) is 10.1. The summed E-state index contributed by atoms with van der Waals surface area (Å²) in [5.74, 6) is 1.39. The molecular weight excluding hydrogens is 368 g/mol. The molecule has 0 radical (unpaired) electrons. The van der Waals surface area contributed by atoms with Gasteiger partial charge in [-0.05, 0) is 48.7 Å². The van der Waals surface area contributed by atoms with Gasteiger partial charge in [-0.15, -0.1) is 0 Å². The number of rotatable bonds is 9. The number of amides is 2. The van der Waals surface area contributed by atoms with E-state index in [-0.39, 0.29) is 24.3 Å². The molecule has 0 saturated carbocycles. The van der Waals surface area contributed by atoms with E-state index >= 15 is 0 Å². The first-order valence-corrected chi connectivity index (χ1v) is 10.1. The van der Waals surface area contributed by atoms with E-state index in [9.17, 15) is 9.59 Å². The molecule has 1 atom stereocenters. The summed E-state index contributed by atoms with van der Waals surface area (Å²) in [6, 6.07) is 14.9. The third-order valence-corrected chi connectivity index (χ3v) is 4.84. The van der Waals surface area contributed by atoms with Crippen molar-refractivity contribution in [3.8, 4) is 11.5 Å². The van der Waals surface area contributed by atoms with Crippen molar-refractivity contribution < 1.29 is 19.1 Å². The fourth-order valence-corrected chi connectivity index (χ4v) is 3.14. The Balaban J connectivity index is 1.37. The van der Waals surface area contributed by atoms with Gasteiger partial charge in [-0.2, -0.15) is 0 Å². The van der Waals surface area contributed by atoms with E-state index < -0.39 is 0 Å². The molecule has 6 heteroatoms. The van der Waals surface area contributed by atoms with E-state index in [1.165, 1.54) is 0 Å². The molecule has 0 aromatic heterocycles. The zero-order chi connectivity index (χ0) is 20.5. The van der Waals surface area contributed by atoms with Gasteiger partial charge in [0.2, 0.25) is 5.91 Å². The summed E-state index contributed by atoms with van der Waals surface area (Å²) in [6.07, 6.45) is 2.94. The molecule has 2 aromatic carbocycles. The van der Waals surface area contributed by atoms with Crippen molar-refractivity contribution >= 4 is 11.8 Å². The molecule has 6 nitrogen and oxygen atoms in total. The summed E-state index contributed by atoms with van der Waals surface area (Å²) >= 11 is 0. The third-order valence-electron chi connectivity index (χ3n) is 4.84. The molecule has 1 unspecified atom stereocenters. The van der Waals surface area contributed by atoms with Crippen LogP contribution in [0.5, 0.6) is 11.5 Å². The van der Waals surface area contributed by atoms with Crippen LogP contribution in [0.15, 0.2) is 48.5 Å². The highest BCUT2D eigenvalue weighted by atomic mass is 16.5. The van der Waals surface area contributed by atoms with Crippen molar-refractivity contribution in [1.82, 2.24) is 10.6 Å². The number of hydrogen-bond donors (Lipinski definition) is 2. The monoisotopic (exact) mass is 396 g/mol. The summed E-state index contributed by atoms with van der Waals surface area (Å²) < 4.78 is 11.3. The number of nitrogens with one attached hydrogen (secondary N) is 2. The summed E-state index contributed by atoms with van der Waals surface area (Å²) in [6.45, 7) is 3.82. The van der Waals surface area contributed by atoms with E-state index in [1.807, 2.05) is 24.3 Å². The van der Waals surface area contributed by atoms with Crippen LogP contribution >= 0.6 is 0 Å². The van der Waals surface area contributed by atoms with E-state index in [0.717, 1.165) is 36.3 Å². The zero-order valence-electron chi connectivity index (χ0n) is 16.8. The number of unbranched alkanes of at least 4 members (excludes halogenated alkanes) is 1. The second-order valence-corrected chi connectivity index (χ2v) is 7.20. The Morgan fingerprint density at radius 2 is 1.90 bits per heavy atom. The second kappa shape index (κ2) is 10.5. The van der Waals surface area contributed by atoms with Crippen molar-refractivity contribution in [3.63, 3.8) is 0 Å². The molecule has 154 valence electrons. The first-order chi connectivity index (χ1) is 14.2. The van der Waals surface area contributed by atoms with Crippen LogP contribution < -0.4 is 20.1 Å². The highest BCUT2D eigenvalue weighted by molar-refractivity contribution is 5.96. The van der Waals surface area contributed by atoms with Gasteiger partial charge in [0, 0.05) is 18.0 Å². The van der Waals surface area contributed by atoms with Gasteiger partial charge in [0.1, 0.15) is 11.5 Å². The van der Waals surface area contributed by atoms with Crippen LogP contribution in [-0.4, -0.2) is 38.1 Å². The summed E-state index contributed by atoms with van der Waals surface area (Å²) in [5.41, 5.74) is 1.66. The average molecular weight is 396 g/mol. The minimum Gasteiger partial charge on any atom is -0.494 e. The van der Waals surface area contributed by atoms with Gasteiger partial charge in [0.15, 0.2) is 0 Å². The normalized spacial score (nSPS) is 15.0. The van der Waals surface area contributed by atoms with Gasteiger partial charge >= 0.3 is 0 Å². The first kappa shape index (κ1) is 20.7. The molecule has 29 heavy (non-hydrogen) atoms. The Morgan fingerprint density at radius 1 is 1.10 bits per heavy atom. The Morgan fingerprint density at radius 3 is 2.69 bits per heavy atom. The van der Waals surface area contributed by atoms with Gasteiger partial charge in [-0.25, -0.2) is 0 Å². The highest BCUT2D eigenvalue weighted by Crippen LogP contribution is 2.26. The number of carbonyl (C=O) groups is 2. The molecule has 0 spiro atoms. The van der Waals surface area contributed by atoms with Crippen LogP contribution in [-0.2, 0) is 11.2 Å². The van der Waals surface area contributed by atoms with Crippen molar-refractivity contribution in [3.05, 3.63) is 59.7 Å². The predicted octanol–water partition coefficient (Wildman–Crippen LogP) is 2.96. The number of para-hydroxylation sites is 1. The Kier molecular flexibility index (Phi) is 7.50. The molecule has 0 bridgehead atoms. The van der Waals surface area contributed by atoms with Crippen molar-refractivity contribution in [2.75, 3.05) is 26.3 Å². The molecule has 2 amide bonds. The van der Waals surface area contributed by atoms with E-state index in [1.54, 1.807) is 24.3 Å². The van der Waals surface area contributed by atoms with E-state index in [2.05, 4.69) is 17.6 Å².